The summed E-state index contributed by atoms with van der Waals surface area (Å²) < 4.78 is 10.0. The summed E-state index contributed by atoms with van der Waals surface area (Å²) >= 11 is 0. The number of ether oxygens (including phenoxy) is 2. The molecular weight excluding hydrogens is 206 g/mol. The zero-order chi connectivity index (χ0) is 11.4. The first-order chi connectivity index (χ1) is 7.81. The predicted molar refractivity (Wildman–Crippen MR) is 60.6 cm³/mol. The van der Waals surface area contributed by atoms with Crippen molar-refractivity contribution in [2.24, 2.45) is 0 Å². The number of benzene rings is 1. The van der Waals surface area contributed by atoms with Crippen molar-refractivity contribution in [3.63, 3.8) is 0 Å². The minimum atomic E-state index is -0.322. The highest BCUT2D eigenvalue weighted by Gasteiger charge is 2.18. The van der Waals surface area contributed by atoms with Crippen LogP contribution in [0, 0.1) is 0 Å². The van der Waals surface area contributed by atoms with E-state index in [1.54, 1.807) is 6.07 Å². The van der Waals surface area contributed by atoms with Crippen molar-refractivity contribution in [3.8, 4) is 0 Å². The van der Waals surface area contributed by atoms with Crippen LogP contribution in [0.5, 0.6) is 0 Å². The molecule has 1 aliphatic rings. The highest BCUT2D eigenvalue weighted by atomic mass is 16.5. The Morgan fingerprint density at radius 2 is 2.31 bits per heavy atom. The van der Waals surface area contributed by atoms with E-state index < -0.39 is 0 Å². The molecule has 0 aliphatic carbocycles. The molecule has 4 nitrogen and oxygen atoms in total. The molecule has 1 fully saturated rings. The highest BCUT2D eigenvalue weighted by molar-refractivity contribution is 5.95. The highest BCUT2D eigenvalue weighted by Crippen LogP contribution is 2.18. The van der Waals surface area contributed by atoms with Crippen molar-refractivity contribution in [2.75, 3.05) is 25.6 Å². The Labute approximate surface area is 94.6 Å². The fourth-order valence-corrected chi connectivity index (χ4v) is 1.59. The van der Waals surface area contributed by atoms with E-state index in [1.807, 2.05) is 18.2 Å². The fraction of sp³-hybridized carbons (Fsp3) is 0.417. The maximum absolute atomic E-state index is 11.5. The fourth-order valence-electron chi connectivity index (χ4n) is 1.59. The Hall–Kier alpha value is -1.55. The van der Waals surface area contributed by atoms with Gasteiger partial charge in [-0.15, -0.1) is 0 Å². The number of carbonyl (C=O) groups excluding carboxylic acids is 1. The topological polar surface area (TPSA) is 47.6 Å². The lowest BCUT2D eigenvalue weighted by atomic mass is 10.1. The predicted octanol–water partition coefficient (Wildman–Crippen LogP) is 1.67. The molecule has 0 unspecified atom stereocenters. The van der Waals surface area contributed by atoms with Crippen LogP contribution in [-0.4, -0.2) is 32.3 Å². The van der Waals surface area contributed by atoms with Gasteiger partial charge in [0.1, 0.15) is 0 Å². The zero-order valence-electron chi connectivity index (χ0n) is 9.23. The summed E-state index contributed by atoms with van der Waals surface area (Å²) in [5, 5.41) is 3.20. The molecule has 0 radical (unpaired) electrons. The Kier molecular flexibility index (Phi) is 3.41. The first-order valence-electron chi connectivity index (χ1n) is 5.34. The molecule has 1 atom stereocenters. The second-order valence-electron chi connectivity index (χ2n) is 3.70. The van der Waals surface area contributed by atoms with E-state index in [0.29, 0.717) is 5.56 Å². The van der Waals surface area contributed by atoms with E-state index in [2.05, 4.69) is 5.32 Å². The van der Waals surface area contributed by atoms with Gasteiger partial charge in [0.15, 0.2) is 0 Å². The van der Waals surface area contributed by atoms with E-state index >= 15 is 0 Å². The molecule has 0 saturated carbocycles. The number of esters is 1. The first-order valence-corrected chi connectivity index (χ1v) is 5.34. The van der Waals surface area contributed by atoms with Gasteiger partial charge in [0.2, 0.25) is 0 Å². The van der Waals surface area contributed by atoms with Gasteiger partial charge in [0, 0.05) is 18.8 Å². The Morgan fingerprint density at radius 1 is 1.56 bits per heavy atom. The third-order valence-electron chi connectivity index (χ3n) is 2.65. The molecule has 0 spiro atoms. The van der Waals surface area contributed by atoms with Crippen LogP contribution in [0.4, 0.5) is 5.69 Å². The Balaban J connectivity index is 2.03. The van der Waals surface area contributed by atoms with Gasteiger partial charge in [-0.1, -0.05) is 12.1 Å². The molecule has 1 aromatic carbocycles. The van der Waals surface area contributed by atoms with Crippen LogP contribution < -0.4 is 5.32 Å². The van der Waals surface area contributed by atoms with Gasteiger partial charge in [0.25, 0.3) is 0 Å². The monoisotopic (exact) mass is 221 g/mol. The number of hydrogen-bond acceptors (Lipinski definition) is 4. The molecule has 1 aromatic rings. The lowest BCUT2D eigenvalue weighted by molar-refractivity contribution is -0.0410. The van der Waals surface area contributed by atoms with Crippen molar-refractivity contribution in [2.45, 2.75) is 12.5 Å². The average Bonchev–Trinajstić information content (AvgIpc) is 2.26. The van der Waals surface area contributed by atoms with Crippen molar-refractivity contribution in [3.05, 3.63) is 29.8 Å². The molecule has 16 heavy (non-hydrogen) atoms. The van der Waals surface area contributed by atoms with Gasteiger partial charge in [-0.05, 0) is 18.6 Å². The number of rotatable bonds is 4. The van der Waals surface area contributed by atoms with E-state index in [-0.39, 0.29) is 12.1 Å². The molecule has 1 saturated heterocycles. The molecule has 0 aromatic heterocycles. The molecule has 2 rings (SSSR count). The molecule has 0 amide bonds. The molecule has 86 valence electrons. The maximum Gasteiger partial charge on any atom is 0.339 e. The van der Waals surface area contributed by atoms with E-state index in [4.69, 9.17) is 9.47 Å². The molecule has 0 bridgehead atoms. The van der Waals surface area contributed by atoms with Crippen LogP contribution in [0.3, 0.4) is 0 Å². The first kappa shape index (κ1) is 11.0. The van der Waals surface area contributed by atoms with Gasteiger partial charge in [-0.2, -0.15) is 0 Å². The van der Waals surface area contributed by atoms with E-state index in [0.717, 1.165) is 25.3 Å². The van der Waals surface area contributed by atoms with Crippen LogP contribution in [0.25, 0.3) is 0 Å². The molecule has 4 heteroatoms. The molecular formula is C12H15NO3. The molecule has 1 N–H and O–H groups in total. The third-order valence-corrected chi connectivity index (χ3v) is 2.65. The molecule has 1 heterocycles. The quantitative estimate of drug-likeness (QED) is 0.786. The van der Waals surface area contributed by atoms with E-state index in [9.17, 15) is 4.79 Å². The van der Waals surface area contributed by atoms with Crippen molar-refractivity contribution >= 4 is 11.7 Å². The van der Waals surface area contributed by atoms with Crippen molar-refractivity contribution < 1.29 is 14.3 Å². The summed E-state index contributed by atoms with van der Waals surface area (Å²) in [6, 6.07) is 7.31. The summed E-state index contributed by atoms with van der Waals surface area (Å²) in [4.78, 5) is 11.5. The van der Waals surface area contributed by atoms with Crippen molar-refractivity contribution in [1.82, 2.24) is 0 Å². The number of carbonyl (C=O) groups is 1. The summed E-state index contributed by atoms with van der Waals surface area (Å²) in [5.74, 6) is -0.322. The standard InChI is InChI=1S/C12H15NO3/c1-15-12(14)10-4-2-3-5-11(10)13-8-9-6-7-16-9/h2-5,9,13H,6-8H2,1H3/t9-/m0/s1. The normalized spacial score (nSPS) is 18.7. The summed E-state index contributed by atoms with van der Waals surface area (Å²) in [5.41, 5.74) is 1.36. The molecule has 1 aliphatic heterocycles. The average molecular weight is 221 g/mol. The van der Waals surface area contributed by atoms with Crippen LogP contribution in [-0.2, 0) is 9.47 Å². The van der Waals surface area contributed by atoms with Gasteiger partial charge < -0.3 is 14.8 Å². The SMILES string of the molecule is COC(=O)c1ccccc1NC[C@@H]1CCO1. The van der Waals surface area contributed by atoms with E-state index in [1.165, 1.54) is 7.11 Å². The zero-order valence-corrected chi connectivity index (χ0v) is 9.23. The van der Waals surface area contributed by atoms with Crippen LogP contribution in [0.1, 0.15) is 16.8 Å². The van der Waals surface area contributed by atoms with Crippen LogP contribution >= 0.6 is 0 Å². The summed E-state index contributed by atoms with van der Waals surface area (Å²) in [6.45, 7) is 1.57. The summed E-state index contributed by atoms with van der Waals surface area (Å²) in [6.07, 6.45) is 1.35. The number of para-hydroxylation sites is 1. The minimum absolute atomic E-state index is 0.269. The van der Waals surface area contributed by atoms with Gasteiger partial charge in [-0.25, -0.2) is 4.79 Å². The maximum atomic E-state index is 11.5. The number of nitrogens with one attached hydrogen (secondary N) is 1. The lowest BCUT2D eigenvalue weighted by Crippen LogP contribution is -2.33. The smallest absolute Gasteiger partial charge is 0.339 e. The van der Waals surface area contributed by atoms with Crippen LogP contribution in [0.2, 0.25) is 0 Å². The second kappa shape index (κ2) is 4.99. The number of hydrogen-bond donors (Lipinski definition) is 1. The summed E-state index contributed by atoms with van der Waals surface area (Å²) in [7, 11) is 1.38. The second-order valence-corrected chi connectivity index (χ2v) is 3.70. The van der Waals surface area contributed by atoms with Crippen molar-refractivity contribution in [1.29, 1.82) is 0 Å². The minimum Gasteiger partial charge on any atom is -0.465 e. The third kappa shape index (κ3) is 2.33. The number of anilines is 1. The number of methoxy groups -OCH3 is 1. The van der Waals surface area contributed by atoms with Gasteiger partial charge in [-0.3, -0.25) is 0 Å². The Bertz CT molecular complexity index is 374. The lowest BCUT2D eigenvalue weighted by Gasteiger charge is -2.27. The van der Waals surface area contributed by atoms with Crippen LogP contribution in [0.15, 0.2) is 24.3 Å². The van der Waals surface area contributed by atoms with Gasteiger partial charge in [0.05, 0.1) is 18.8 Å². The Morgan fingerprint density at radius 3 is 2.94 bits per heavy atom. The largest absolute Gasteiger partial charge is 0.465 e. The van der Waals surface area contributed by atoms with Gasteiger partial charge >= 0.3 is 5.97 Å².